The first-order chi connectivity index (χ1) is 9.68. The van der Waals surface area contributed by atoms with E-state index in [1.165, 1.54) is 0 Å². The molecule has 0 amide bonds. The SMILES string of the molecule is O=S(=O)(Nc1cc(Cl)cc(C(F)(F)F)c1)C1CCNCC1. The van der Waals surface area contributed by atoms with Gasteiger partial charge in [0.1, 0.15) is 0 Å². The fraction of sp³-hybridized carbons (Fsp3) is 0.500. The second-order valence-electron chi connectivity index (χ2n) is 4.82. The largest absolute Gasteiger partial charge is 0.416 e. The summed E-state index contributed by atoms with van der Waals surface area (Å²) in [5.74, 6) is 0. The van der Waals surface area contributed by atoms with Crippen LogP contribution in [-0.4, -0.2) is 26.8 Å². The minimum atomic E-state index is -4.58. The lowest BCUT2D eigenvalue weighted by atomic mass is 10.2. The highest BCUT2D eigenvalue weighted by Gasteiger charge is 2.32. The van der Waals surface area contributed by atoms with Gasteiger partial charge in [-0.15, -0.1) is 0 Å². The van der Waals surface area contributed by atoms with Crippen molar-refractivity contribution < 1.29 is 21.6 Å². The topological polar surface area (TPSA) is 58.2 Å². The Labute approximate surface area is 125 Å². The fourth-order valence-corrected chi connectivity index (χ4v) is 3.87. The number of anilines is 1. The van der Waals surface area contributed by atoms with Crippen LogP contribution < -0.4 is 10.0 Å². The Bertz CT molecular complexity index is 613. The van der Waals surface area contributed by atoms with Gasteiger partial charge in [0.05, 0.1) is 16.5 Å². The zero-order chi connectivity index (χ0) is 15.7. The van der Waals surface area contributed by atoms with Crippen molar-refractivity contribution in [3.05, 3.63) is 28.8 Å². The van der Waals surface area contributed by atoms with Crippen molar-refractivity contribution in [1.82, 2.24) is 5.32 Å². The highest BCUT2D eigenvalue weighted by atomic mass is 35.5. The molecule has 1 heterocycles. The van der Waals surface area contributed by atoms with E-state index in [4.69, 9.17) is 11.6 Å². The molecule has 0 spiro atoms. The molecule has 1 aromatic carbocycles. The number of nitrogens with one attached hydrogen (secondary N) is 2. The number of benzene rings is 1. The summed E-state index contributed by atoms with van der Waals surface area (Å²) in [5.41, 5.74) is -1.16. The smallest absolute Gasteiger partial charge is 0.317 e. The van der Waals surface area contributed by atoms with Crippen LogP contribution in [0.1, 0.15) is 18.4 Å². The van der Waals surface area contributed by atoms with Crippen LogP contribution in [0.3, 0.4) is 0 Å². The average Bonchev–Trinajstić information content (AvgIpc) is 2.37. The number of piperidine rings is 1. The second-order valence-corrected chi connectivity index (χ2v) is 7.22. The van der Waals surface area contributed by atoms with E-state index >= 15 is 0 Å². The number of rotatable bonds is 3. The van der Waals surface area contributed by atoms with Crippen molar-refractivity contribution in [3.63, 3.8) is 0 Å². The molecule has 0 aromatic heterocycles. The first kappa shape index (κ1) is 16.4. The summed E-state index contributed by atoms with van der Waals surface area (Å²) in [6.07, 6.45) is -3.75. The third-order valence-electron chi connectivity index (χ3n) is 3.21. The molecule has 1 aliphatic rings. The van der Waals surface area contributed by atoms with Crippen molar-refractivity contribution in [1.29, 1.82) is 0 Å². The van der Waals surface area contributed by atoms with Crippen molar-refractivity contribution in [2.24, 2.45) is 0 Å². The van der Waals surface area contributed by atoms with Gasteiger partial charge in [0.25, 0.3) is 0 Å². The fourth-order valence-electron chi connectivity index (χ4n) is 2.17. The Balaban J connectivity index is 2.24. The molecule has 2 rings (SSSR count). The maximum atomic E-state index is 12.7. The first-order valence-corrected chi connectivity index (χ1v) is 8.21. The molecule has 1 fully saturated rings. The molecule has 118 valence electrons. The molecule has 0 unspecified atom stereocenters. The van der Waals surface area contributed by atoms with Crippen molar-refractivity contribution >= 4 is 27.3 Å². The predicted octanol–water partition coefficient (Wildman–Crippen LogP) is 2.85. The quantitative estimate of drug-likeness (QED) is 0.888. The molecule has 0 saturated carbocycles. The summed E-state index contributed by atoms with van der Waals surface area (Å²) in [5, 5.41) is 2.23. The lowest BCUT2D eigenvalue weighted by Gasteiger charge is -2.23. The van der Waals surface area contributed by atoms with E-state index < -0.39 is 27.0 Å². The monoisotopic (exact) mass is 342 g/mol. The number of halogens is 4. The second kappa shape index (κ2) is 6.02. The van der Waals surface area contributed by atoms with Crippen LogP contribution in [0.25, 0.3) is 0 Å². The van der Waals surface area contributed by atoms with Gasteiger partial charge in [0.15, 0.2) is 0 Å². The Morgan fingerprint density at radius 1 is 1.19 bits per heavy atom. The number of alkyl halides is 3. The zero-order valence-electron chi connectivity index (χ0n) is 10.9. The van der Waals surface area contributed by atoms with Gasteiger partial charge in [-0.3, -0.25) is 4.72 Å². The Kier molecular flexibility index (Phi) is 4.69. The van der Waals surface area contributed by atoms with Gasteiger partial charge < -0.3 is 5.32 Å². The Morgan fingerprint density at radius 2 is 1.81 bits per heavy atom. The van der Waals surface area contributed by atoms with Crippen molar-refractivity contribution in [2.45, 2.75) is 24.3 Å². The van der Waals surface area contributed by atoms with E-state index in [1.54, 1.807) is 0 Å². The number of sulfonamides is 1. The molecule has 21 heavy (non-hydrogen) atoms. The highest BCUT2D eigenvalue weighted by molar-refractivity contribution is 7.93. The summed E-state index contributed by atoms with van der Waals surface area (Å²) in [6, 6.07) is 2.66. The van der Waals surface area contributed by atoms with Crippen LogP contribution in [0.4, 0.5) is 18.9 Å². The lowest BCUT2D eigenvalue weighted by Crippen LogP contribution is -2.38. The van der Waals surface area contributed by atoms with Gasteiger partial charge in [-0.05, 0) is 44.1 Å². The van der Waals surface area contributed by atoms with Crippen molar-refractivity contribution in [2.75, 3.05) is 17.8 Å². The van der Waals surface area contributed by atoms with Crippen LogP contribution in [-0.2, 0) is 16.2 Å². The summed E-state index contributed by atoms with van der Waals surface area (Å²) >= 11 is 5.63. The Hall–Kier alpha value is -0.990. The minimum Gasteiger partial charge on any atom is -0.317 e. The molecular weight excluding hydrogens is 329 g/mol. The third kappa shape index (κ3) is 4.24. The van der Waals surface area contributed by atoms with E-state index in [1.807, 2.05) is 0 Å². The molecule has 2 N–H and O–H groups in total. The van der Waals surface area contributed by atoms with Gasteiger partial charge in [-0.1, -0.05) is 11.6 Å². The molecule has 0 bridgehead atoms. The molecule has 0 aliphatic carbocycles. The Morgan fingerprint density at radius 3 is 2.38 bits per heavy atom. The summed E-state index contributed by atoms with van der Waals surface area (Å²) in [6.45, 7) is 1.13. The number of hydrogen-bond acceptors (Lipinski definition) is 3. The van der Waals surface area contributed by atoms with E-state index in [2.05, 4.69) is 10.0 Å². The van der Waals surface area contributed by atoms with Crippen molar-refractivity contribution in [3.8, 4) is 0 Å². The van der Waals surface area contributed by atoms with Gasteiger partial charge in [-0.2, -0.15) is 13.2 Å². The summed E-state index contributed by atoms with van der Waals surface area (Å²) < 4.78 is 64.6. The van der Waals surface area contributed by atoms with Crippen LogP contribution in [0.15, 0.2) is 18.2 Å². The molecule has 4 nitrogen and oxygen atoms in total. The first-order valence-electron chi connectivity index (χ1n) is 6.28. The summed E-state index contributed by atoms with van der Waals surface area (Å²) in [4.78, 5) is 0. The summed E-state index contributed by atoms with van der Waals surface area (Å²) in [7, 11) is -3.73. The van der Waals surface area contributed by atoms with Crippen LogP contribution in [0.2, 0.25) is 5.02 Å². The van der Waals surface area contributed by atoms with E-state index in [0.717, 1.165) is 18.2 Å². The van der Waals surface area contributed by atoms with Gasteiger partial charge >= 0.3 is 6.18 Å². The minimum absolute atomic E-state index is 0.173. The van der Waals surface area contributed by atoms with Gasteiger partial charge in [0, 0.05) is 5.02 Å². The molecular formula is C12H14ClF3N2O2S. The molecule has 1 aromatic rings. The molecule has 1 aliphatic heterocycles. The third-order valence-corrected chi connectivity index (χ3v) is 5.30. The van der Waals surface area contributed by atoms with E-state index in [-0.39, 0.29) is 10.7 Å². The van der Waals surface area contributed by atoms with Crippen LogP contribution in [0, 0.1) is 0 Å². The average molecular weight is 343 g/mol. The van der Waals surface area contributed by atoms with Crippen LogP contribution in [0.5, 0.6) is 0 Å². The maximum absolute atomic E-state index is 12.7. The highest BCUT2D eigenvalue weighted by Crippen LogP contribution is 2.33. The molecule has 9 heteroatoms. The molecule has 0 radical (unpaired) electrons. The molecule has 1 saturated heterocycles. The number of hydrogen-bond donors (Lipinski definition) is 2. The van der Waals surface area contributed by atoms with E-state index in [9.17, 15) is 21.6 Å². The normalized spacial score (nSPS) is 17.7. The zero-order valence-corrected chi connectivity index (χ0v) is 12.4. The van der Waals surface area contributed by atoms with Gasteiger partial charge in [0.2, 0.25) is 10.0 Å². The molecule has 0 atom stereocenters. The predicted molar refractivity (Wildman–Crippen MR) is 74.9 cm³/mol. The van der Waals surface area contributed by atoms with Gasteiger partial charge in [-0.25, -0.2) is 8.42 Å². The van der Waals surface area contributed by atoms with Crippen LogP contribution >= 0.6 is 11.6 Å². The standard InChI is InChI=1S/C12H14ClF3N2O2S/c13-9-5-8(12(14,15)16)6-10(7-9)18-21(19,20)11-1-3-17-4-2-11/h5-7,11,17-18H,1-4H2. The maximum Gasteiger partial charge on any atom is 0.416 e. The van der Waals surface area contributed by atoms with E-state index in [0.29, 0.717) is 25.9 Å². The lowest BCUT2D eigenvalue weighted by molar-refractivity contribution is -0.137.